The van der Waals surface area contributed by atoms with Gasteiger partial charge >= 0.3 is 0 Å². The molecule has 16 heavy (non-hydrogen) atoms. The highest BCUT2D eigenvalue weighted by Gasteiger charge is 2.30. The number of rotatable bonds is 0. The van der Waals surface area contributed by atoms with Gasteiger partial charge in [-0.2, -0.15) is 0 Å². The van der Waals surface area contributed by atoms with Crippen LogP contribution in [0.4, 0.5) is 5.69 Å². The van der Waals surface area contributed by atoms with Crippen LogP contribution in [0.15, 0.2) is 36.7 Å². The van der Waals surface area contributed by atoms with E-state index in [2.05, 4.69) is 29.2 Å². The molecule has 0 amide bonds. The Bertz CT molecular complexity index is 385. The Labute approximate surface area is 96.9 Å². The van der Waals surface area contributed by atoms with Gasteiger partial charge in [0.25, 0.3) is 0 Å². The lowest BCUT2D eigenvalue weighted by molar-refractivity contribution is 0.179. The normalized spacial score (nSPS) is 20.0. The number of benzene rings is 1. The van der Waals surface area contributed by atoms with E-state index in [9.17, 15) is 0 Å². The van der Waals surface area contributed by atoms with Crippen LogP contribution in [0.5, 0.6) is 0 Å². The van der Waals surface area contributed by atoms with Crippen LogP contribution in [-0.4, -0.2) is 32.3 Å². The fourth-order valence-corrected chi connectivity index (χ4v) is 1.86. The molecule has 0 saturated heterocycles. The molecule has 0 aliphatic carbocycles. The van der Waals surface area contributed by atoms with Crippen molar-refractivity contribution >= 4 is 5.69 Å². The molecular formula is C13H18N2O. The SMILES string of the molecule is C1=CN2c3ccccc3CC2O1.CN(C)C. The zero-order valence-corrected chi connectivity index (χ0v) is 10.1. The maximum absolute atomic E-state index is 5.40. The highest BCUT2D eigenvalue weighted by Crippen LogP contribution is 2.34. The summed E-state index contributed by atoms with van der Waals surface area (Å²) in [6.07, 6.45) is 4.99. The molecule has 2 aliphatic heterocycles. The maximum atomic E-state index is 5.40. The van der Waals surface area contributed by atoms with Crippen molar-refractivity contribution in [3.8, 4) is 0 Å². The standard InChI is InChI=1S/C10H9NO.C3H9N/c1-2-4-9-8(3-1)7-10-11(9)5-6-12-10;1-4(2)3/h1-6,10H,7H2;1-3H3. The van der Waals surface area contributed by atoms with E-state index < -0.39 is 0 Å². The van der Waals surface area contributed by atoms with Crippen LogP contribution in [0.2, 0.25) is 0 Å². The van der Waals surface area contributed by atoms with E-state index in [1.807, 2.05) is 32.2 Å². The van der Waals surface area contributed by atoms with Crippen molar-refractivity contribution in [2.75, 3.05) is 26.0 Å². The summed E-state index contributed by atoms with van der Waals surface area (Å²) >= 11 is 0. The zero-order valence-electron chi connectivity index (χ0n) is 10.1. The molecule has 86 valence electrons. The fraction of sp³-hybridized carbons (Fsp3) is 0.385. The van der Waals surface area contributed by atoms with E-state index in [0.29, 0.717) is 0 Å². The van der Waals surface area contributed by atoms with Gasteiger partial charge in [-0.15, -0.1) is 0 Å². The van der Waals surface area contributed by atoms with Gasteiger partial charge in [0.05, 0.1) is 0 Å². The minimum Gasteiger partial charge on any atom is -0.476 e. The van der Waals surface area contributed by atoms with E-state index in [4.69, 9.17) is 4.74 Å². The molecule has 0 bridgehead atoms. The van der Waals surface area contributed by atoms with Crippen molar-refractivity contribution in [2.24, 2.45) is 0 Å². The molecule has 1 aromatic carbocycles. The molecule has 1 unspecified atom stereocenters. The van der Waals surface area contributed by atoms with Gasteiger partial charge in [-0.05, 0) is 32.8 Å². The summed E-state index contributed by atoms with van der Waals surface area (Å²) in [4.78, 5) is 4.18. The lowest BCUT2D eigenvalue weighted by Crippen LogP contribution is -2.22. The topological polar surface area (TPSA) is 15.7 Å². The van der Waals surface area contributed by atoms with Crippen LogP contribution in [0, 0.1) is 0 Å². The van der Waals surface area contributed by atoms with Gasteiger partial charge in [0.15, 0.2) is 6.23 Å². The second kappa shape index (κ2) is 4.58. The monoisotopic (exact) mass is 218 g/mol. The average Bonchev–Trinajstić information content (AvgIpc) is 2.75. The maximum Gasteiger partial charge on any atom is 0.179 e. The van der Waals surface area contributed by atoms with Crippen molar-refractivity contribution in [3.63, 3.8) is 0 Å². The van der Waals surface area contributed by atoms with E-state index in [1.165, 1.54) is 11.3 Å². The Morgan fingerprint density at radius 2 is 1.94 bits per heavy atom. The average molecular weight is 218 g/mol. The molecule has 1 aromatic rings. The first-order valence-electron chi connectivity index (χ1n) is 5.48. The number of hydrogen-bond acceptors (Lipinski definition) is 3. The highest BCUT2D eigenvalue weighted by molar-refractivity contribution is 5.61. The number of nitrogens with zero attached hydrogens (tertiary/aromatic N) is 2. The van der Waals surface area contributed by atoms with Gasteiger partial charge in [-0.3, -0.25) is 0 Å². The summed E-state index contributed by atoms with van der Waals surface area (Å²) in [5.74, 6) is 0. The number of anilines is 1. The number of hydrogen-bond donors (Lipinski definition) is 0. The van der Waals surface area contributed by atoms with Crippen LogP contribution in [0.3, 0.4) is 0 Å². The first kappa shape index (κ1) is 11.0. The Morgan fingerprint density at radius 3 is 2.69 bits per heavy atom. The van der Waals surface area contributed by atoms with Crippen LogP contribution in [0.1, 0.15) is 5.56 Å². The smallest absolute Gasteiger partial charge is 0.179 e. The third-order valence-electron chi connectivity index (χ3n) is 2.43. The van der Waals surface area contributed by atoms with Crippen molar-refractivity contribution in [1.29, 1.82) is 0 Å². The predicted octanol–water partition coefficient (Wildman–Crippen LogP) is 2.05. The molecule has 0 radical (unpaired) electrons. The van der Waals surface area contributed by atoms with Gasteiger partial charge < -0.3 is 14.5 Å². The van der Waals surface area contributed by atoms with Gasteiger partial charge in [0.1, 0.15) is 6.26 Å². The van der Waals surface area contributed by atoms with Gasteiger partial charge in [-0.1, -0.05) is 18.2 Å². The molecule has 0 N–H and O–H groups in total. The largest absolute Gasteiger partial charge is 0.476 e. The van der Waals surface area contributed by atoms with Gasteiger partial charge in [-0.25, -0.2) is 0 Å². The van der Waals surface area contributed by atoms with E-state index in [1.54, 1.807) is 6.26 Å². The molecule has 0 saturated carbocycles. The van der Waals surface area contributed by atoms with Crippen molar-refractivity contribution in [2.45, 2.75) is 12.6 Å². The molecule has 2 aliphatic rings. The second-order valence-corrected chi connectivity index (χ2v) is 4.46. The van der Waals surface area contributed by atoms with Crippen molar-refractivity contribution < 1.29 is 4.74 Å². The second-order valence-electron chi connectivity index (χ2n) is 4.46. The lowest BCUT2D eigenvalue weighted by atomic mass is 10.2. The highest BCUT2D eigenvalue weighted by atomic mass is 16.5. The molecule has 3 nitrogen and oxygen atoms in total. The molecule has 0 aromatic heterocycles. The molecule has 0 fully saturated rings. The van der Waals surface area contributed by atoms with Crippen LogP contribution >= 0.6 is 0 Å². The molecule has 3 heteroatoms. The van der Waals surface area contributed by atoms with Crippen LogP contribution in [-0.2, 0) is 11.2 Å². The first-order chi connectivity index (χ1) is 7.68. The summed E-state index contributed by atoms with van der Waals surface area (Å²) in [6, 6.07) is 8.43. The summed E-state index contributed by atoms with van der Waals surface area (Å²) in [7, 11) is 6.00. The number of para-hydroxylation sites is 1. The molecule has 3 rings (SSSR count). The van der Waals surface area contributed by atoms with Crippen molar-refractivity contribution in [1.82, 2.24) is 4.90 Å². The van der Waals surface area contributed by atoms with E-state index in [-0.39, 0.29) is 6.23 Å². The number of fused-ring (bicyclic) bond motifs is 3. The third-order valence-corrected chi connectivity index (χ3v) is 2.43. The zero-order chi connectivity index (χ0) is 11.5. The molecule has 1 atom stereocenters. The molecule has 2 heterocycles. The first-order valence-corrected chi connectivity index (χ1v) is 5.48. The Balaban J connectivity index is 0.000000212. The number of ether oxygens (including phenoxy) is 1. The van der Waals surface area contributed by atoms with E-state index >= 15 is 0 Å². The summed E-state index contributed by atoms with van der Waals surface area (Å²) < 4.78 is 5.40. The summed E-state index contributed by atoms with van der Waals surface area (Å²) in [6.45, 7) is 0. The predicted molar refractivity (Wildman–Crippen MR) is 66.2 cm³/mol. The van der Waals surface area contributed by atoms with E-state index in [0.717, 1.165) is 6.42 Å². The van der Waals surface area contributed by atoms with Crippen LogP contribution in [0.25, 0.3) is 0 Å². The van der Waals surface area contributed by atoms with Crippen LogP contribution < -0.4 is 4.90 Å². The minimum atomic E-state index is 0.224. The lowest BCUT2D eigenvalue weighted by Gasteiger charge is -2.14. The fourth-order valence-electron chi connectivity index (χ4n) is 1.86. The van der Waals surface area contributed by atoms with Gasteiger partial charge in [0.2, 0.25) is 0 Å². The van der Waals surface area contributed by atoms with Gasteiger partial charge in [0, 0.05) is 18.3 Å². The summed E-state index contributed by atoms with van der Waals surface area (Å²) in [5.41, 5.74) is 2.67. The Morgan fingerprint density at radius 1 is 1.25 bits per heavy atom. The third kappa shape index (κ3) is 2.19. The quantitative estimate of drug-likeness (QED) is 0.663. The molecular weight excluding hydrogens is 200 g/mol. The van der Waals surface area contributed by atoms with Crippen molar-refractivity contribution in [3.05, 3.63) is 42.3 Å². The summed E-state index contributed by atoms with van der Waals surface area (Å²) in [5, 5.41) is 0. The molecule has 0 spiro atoms. The Kier molecular flexibility index (Phi) is 3.15. The Hall–Kier alpha value is -1.48. The minimum absolute atomic E-state index is 0.224.